The summed E-state index contributed by atoms with van der Waals surface area (Å²) < 4.78 is 39.7. The molecule has 0 aliphatic rings. The Hall–Kier alpha value is -0.980. The maximum atomic E-state index is 12.9. The van der Waals surface area contributed by atoms with E-state index in [1.807, 2.05) is 24.3 Å². The lowest BCUT2D eigenvalue weighted by molar-refractivity contribution is -0.138. The van der Waals surface area contributed by atoms with E-state index in [4.69, 9.17) is 5.73 Å². The minimum atomic E-state index is -4.39. The van der Waals surface area contributed by atoms with Gasteiger partial charge in [0.15, 0.2) is 0 Å². The lowest BCUT2D eigenvalue weighted by Crippen LogP contribution is -2.11. The summed E-state index contributed by atoms with van der Waals surface area (Å²) in [6.07, 6.45) is -4.39. The van der Waals surface area contributed by atoms with E-state index in [9.17, 15) is 13.2 Å². The van der Waals surface area contributed by atoms with Crippen molar-refractivity contribution in [3.63, 3.8) is 0 Å². The van der Waals surface area contributed by atoms with Gasteiger partial charge in [0.1, 0.15) is 0 Å². The molecule has 2 rings (SSSR count). The Labute approximate surface area is 127 Å². The molecule has 1 nitrogen and oxygen atoms in total. The maximum Gasteiger partial charge on any atom is 0.416 e. The van der Waals surface area contributed by atoms with Crippen molar-refractivity contribution in [2.75, 3.05) is 0 Å². The molecule has 20 heavy (non-hydrogen) atoms. The smallest absolute Gasteiger partial charge is 0.326 e. The van der Waals surface area contributed by atoms with E-state index in [2.05, 4.69) is 15.9 Å². The van der Waals surface area contributed by atoms with E-state index in [1.54, 1.807) is 6.07 Å². The molecule has 106 valence electrons. The zero-order chi connectivity index (χ0) is 14.8. The normalized spacial score (nSPS) is 11.7. The molecule has 0 saturated carbocycles. The second kappa shape index (κ2) is 6.20. The summed E-state index contributed by atoms with van der Waals surface area (Å²) in [5.74, 6) is 0. The van der Waals surface area contributed by atoms with Crippen LogP contribution in [-0.4, -0.2) is 0 Å². The van der Waals surface area contributed by atoms with Gasteiger partial charge in [-0.2, -0.15) is 13.2 Å². The molecule has 2 aromatic rings. The van der Waals surface area contributed by atoms with E-state index in [1.165, 1.54) is 17.8 Å². The highest BCUT2D eigenvalue weighted by Crippen LogP contribution is 2.37. The monoisotopic (exact) mass is 361 g/mol. The lowest BCUT2D eigenvalue weighted by atomic mass is 10.1. The first-order valence-electron chi connectivity index (χ1n) is 5.74. The van der Waals surface area contributed by atoms with Gasteiger partial charge in [-0.1, -0.05) is 39.8 Å². The first kappa shape index (κ1) is 15.4. The van der Waals surface area contributed by atoms with Gasteiger partial charge in [0.05, 0.1) is 5.56 Å². The summed E-state index contributed by atoms with van der Waals surface area (Å²) in [4.78, 5) is 1.40. The molecule has 0 unspecified atom stereocenters. The average molecular weight is 362 g/mol. The van der Waals surface area contributed by atoms with E-state index in [0.717, 1.165) is 15.4 Å². The first-order valence-corrected chi connectivity index (χ1v) is 7.34. The number of hydrogen-bond acceptors (Lipinski definition) is 2. The highest BCUT2D eigenvalue weighted by molar-refractivity contribution is 9.10. The standard InChI is InChI=1S/C14H11BrF3NS/c15-10-2-1-3-11(6-10)20-12-5-4-9(8-19)13(7-12)14(16,17)18/h1-7H,8,19H2. The Morgan fingerprint density at radius 3 is 2.35 bits per heavy atom. The van der Waals surface area contributed by atoms with E-state index >= 15 is 0 Å². The zero-order valence-corrected chi connectivity index (χ0v) is 12.6. The molecule has 0 radical (unpaired) electrons. The van der Waals surface area contributed by atoms with Crippen LogP contribution in [-0.2, 0) is 12.7 Å². The van der Waals surface area contributed by atoms with Crippen molar-refractivity contribution in [3.8, 4) is 0 Å². The molecule has 0 saturated heterocycles. The zero-order valence-electron chi connectivity index (χ0n) is 10.2. The number of benzene rings is 2. The van der Waals surface area contributed by atoms with Gasteiger partial charge in [0, 0.05) is 20.8 Å². The van der Waals surface area contributed by atoms with Gasteiger partial charge >= 0.3 is 6.18 Å². The highest BCUT2D eigenvalue weighted by Gasteiger charge is 2.33. The Bertz CT molecular complexity index is 614. The van der Waals surface area contributed by atoms with E-state index in [-0.39, 0.29) is 12.1 Å². The van der Waals surface area contributed by atoms with Crippen LogP contribution in [0, 0.1) is 0 Å². The Morgan fingerprint density at radius 1 is 1.05 bits per heavy atom. The fourth-order valence-corrected chi connectivity index (χ4v) is 3.20. The van der Waals surface area contributed by atoms with Crippen LogP contribution in [0.3, 0.4) is 0 Å². The molecule has 0 aliphatic carbocycles. The summed E-state index contributed by atoms with van der Waals surface area (Å²) >= 11 is 4.62. The fraction of sp³-hybridized carbons (Fsp3) is 0.143. The number of alkyl halides is 3. The SMILES string of the molecule is NCc1ccc(Sc2cccc(Br)c2)cc1C(F)(F)F. The topological polar surface area (TPSA) is 26.0 Å². The molecule has 0 heterocycles. The summed E-state index contributed by atoms with van der Waals surface area (Å²) in [6.45, 7) is -0.128. The van der Waals surface area contributed by atoms with Crippen LogP contribution in [0.2, 0.25) is 0 Å². The second-order valence-electron chi connectivity index (χ2n) is 4.08. The van der Waals surface area contributed by atoms with Crippen LogP contribution in [0.4, 0.5) is 13.2 Å². The number of halogens is 4. The Morgan fingerprint density at radius 2 is 1.75 bits per heavy atom. The molecule has 0 atom stereocenters. The van der Waals surface area contributed by atoms with Gasteiger partial charge in [-0.15, -0.1) is 0 Å². The molecule has 0 amide bonds. The van der Waals surface area contributed by atoms with Crippen molar-refractivity contribution in [3.05, 3.63) is 58.1 Å². The Kier molecular flexibility index (Phi) is 4.78. The number of hydrogen-bond donors (Lipinski definition) is 1. The van der Waals surface area contributed by atoms with Gasteiger partial charge in [0.2, 0.25) is 0 Å². The highest BCUT2D eigenvalue weighted by atomic mass is 79.9. The largest absolute Gasteiger partial charge is 0.416 e. The average Bonchev–Trinajstić information content (AvgIpc) is 2.37. The summed E-state index contributed by atoms with van der Waals surface area (Å²) in [6, 6.07) is 11.6. The van der Waals surface area contributed by atoms with Crippen molar-refractivity contribution in [1.29, 1.82) is 0 Å². The van der Waals surface area contributed by atoms with E-state index < -0.39 is 11.7 Å². The first-order chi connectivity index (χ1) is 9.40. The number of nitrogens with two attached hydrogens (primary N) is 1. The molecule has 0 aliphatic heterocycles. The predicted octanol–water partition coefficient (Wildman–Crippen LogP) is 5.08. The van der Waals surface area contributed by atoms with Crippen molar-refractivity contribution < 1.29 is 13.2 Å². The molecule has 6 heteroatoms. The lowest BCUT2D eigenvalue weighted by Gasteiger charge is -2.13. The van der Waals surface area contributed by atoms with E-state index in [0.29, 0.717) is 4.90 Å². The molecular weight excluding hydrogens is 351 g/mol. The maximum absolute atomic E-state index is 12.9. The van der Waals surface area contributed by atoms with Crippen LogP contribution in [0.25, 0.3) is 0 Å². The van der Waals surface area contributed by atoms with Crippen molar-refractivity contribution in [2.24, 2.45) is 5.73 Å². The molecule has 0 fully saturated rings. The second-order valence-corrected chi connectivity index (χ2v) is 6.14. The van der Waals surface area contributed by atoms with Crippen LogP contribution in [0.15, 0.2) is 56.7 Å². The van der Waals surface area contributed by atoms with Crippen molar-refractivity contribution in [2.45, 2.75) is 22.5 Å². The Balaban J connectivity index is 2.34. The van der Waals surface area contributed by atoms with Gasteiger partial charge < -0.3 is 5.73 Å². The van der Waals surface area contributed by atoms with Crippen molar-refractivity contribution in [1.82, 2.24) is 0 Å². The predicted molar refractivity (Wildman–Crippen MR) is 77.6 cm³/mol. The third-order valence-electron chi connectivity index (χ3n) is 2.64. The molecule has 0 spiro atoms. The van der Waals surface area contributed by atoms with Crippen LogP contribution in [0.1, 0.15) is 11.1 Å². The summed E-state index contributed by atoms with van der Waals surface area (Å²) in [5, 5.41) is 0. The molecule has 0 bridgehead atoms. The minimum Gasteiger partial charge on any atom is -0.326 e. The quantitative estimate of drug-likeness (QED) is 0.824. The summed E-state index contributed by atoms with van der Waals surface area (Å²) in [5.41, 5.74) is 4.80. The summed E-state index contributed by atoms with van der Waals surface area (Å²) in [7, 11) is 0. The van der Waals surface area contributed by atoms with Gasteiger partial charge in [-0.3, -0.25) is 0 Å². The third kappa shape index (κ3) is 3.77. The van der Waals surface area contributed by atoms with Crippen molar-refractivity contribution >= 4 is 27.7 Å². The molecule has 2 aromatic carbocycles. The fourth-order valence-electron chi connectivity index (χ4n) is 1.73. The van der Waals surface area contributed by atoms with Crippen LogP contribution >= 0.6 is 27.7 Å². The molecule has 2 N–H and O–H groups in total. The van der Waals surface area contributed by atoms with Gasteiger partial charge in [-0.25, -0.2) is 0 Å². The van der Waals surface area contributed by atoms with Gasteiger partial charge in [0.25, 0.3) is 0 Å². The van der Waals surface area contributed by atoms with Gasteiger partial charge in [-0.05, 0) is 35.9 Å². The molecule has 0 aromatic heterocycles. The third-order valence-corrected chi connectivity index (χ3v) is 4.11. The van der Waals surface area contributed by atoms with Crippen LogP contribution < -0.4 is 5.73 Å². The minimum absolute atomic E-state index is 0.107. The number of rotatable bonds is 3. The molecular formula is C14H11BrF3NS. The van der Waals surface area contributed by atoms with Crippen LogP contribution in [0.5, 0.6) is 0 Å².